The molecule has 3 aromatic heterocycles. The molecule has 0 fully saturated rings. The summed E-state index contributed by atoms with van der Waals surface area (Å²) in [5.74, 6) is 1.26. The second-order valence-corrected chi connectivity index (χ2v) is 6.19. The number of aromatic nitrogens is 6. The monoisotopic (exact) mass is 387 g/mol. The summed E-state index contributed by atoms with van der Waals surface area (Å²) in [5.41, 5.74) is 2.80. The first-order valence-corrected chi connectivity index (χ1v) is 8.80. The van der Waals surface area contributed by atoms with Crippen molar-refractivity contribution < 1.29 is 9.53 Å². The smallest absolute Gasteiger partial charge is 0.275 e. The molecule has 0 atom stereocenters. The van der Waals surface area contributed by atoms with Crippen LogP contribution in [0, 0.1) is 13.8 Å². The van der Waals surface area contributed by atoms with Gasteiger partial charge in [0.1, 0.15) is 17.8 Å². The van der Waals surface area contributed by atoms with Crippen LogP contribution >= 0.6 is 0 Å². The number of imidazole rings is 1. The summed E-state index contributed by atoms with van der Waals surface area (Å²) >= 11 is 0. The normalized spacial score (nSPS) is 10.6. The van der Waals surface area contributed by atoms with Crippen LogP contribution in [0.3, 0.4) is 0 Å². The van der Waals surface area contributed by atoms with Crippen molar-refractivity contribution in [2.45, 2.75) is 13.8 Å². The highest BCUT2D eigenvalue weighted by molar-refractivity contribution is 6.02. The molecule has 1 amide bonds. The summed E-state index contributed by atoms with van der Waals surface area (Å²) in [6, 6.07) is 10.5. The maximum atomic E-state index is 12.1. The van der Waals surface area contributed by atoms with E-state index < -0.39 is 0 Å². The van der Waals surface area contributed by atoms with Gasteiger partial charge >= 0.3 is 0 Å². The standard InChI is InChI=1S/C20H17N7O2/c1-13-14(2)27(12-23-13)18-7-8-19(26-25-18)29-16-5-3-15(4-6-16)24-20(28)17-11-21-9-10-22-17/h3-12H,1-2H3,(H,24,28). The van der Waals surface area contributed by atoms with Gasteiger partial charge in [0.15, 0.2) is 5.82 Å². The summed E-state index contributed by atoms with van der Waals surface area (Å²) in [6.45, 7) is 3.91. The molecule has 0 bridgehead atoms. The Morgan fingerprint density at radius 1 is 1.00 bits per heavy atom. The van der Waals surface area contributed by atoms with Crippen LogP contribution in [0.1, 0.15) is 21.9 Å². The first kappa shape index (κ1) is 18.2. The van der Waals surface area contributed by atoms with Crippen LogP contribution in [0.5, 0.6) is 11.6 Å². The lowest BCUT2D eigenvalue weighted by molar-refractivity contribution is 0.102. The quantitative estimate of drug-likeness (QED) is 0.560. The number of ether oxygens (including phenoxy) is 1. The molecule has 0 aliphatic carbocycles. The second kappa shape index (κ2) is 7.85. The lowest BCUT2D eigenvalue weighted by Gasteiger charge is -2.08. The van der Waals surface area contributed by atoms with Crippen molar-refractivity contribution in [3.05, 3.63) is 78.4 Å². The Morgan fingerprint density at radius 2 is 1.83 bits per heavy atom. The fourth-order valence-corrected chi connectivity index (χ4v) is 2.56. The van der Waals surface area contributed by atoms with E-state index in [1.165, 1.54) is 18.6 Å². The predicted octanol–water partition coefficient (Wildman–Crippen LogP) is 3.11. The van der Waals surface area contributed by atoms with Crippen molar-refractivity contribution in [3.8, 4) is 17.4 Å². The molecule has 1 N–H and O–H groups in total. The number of carbonyl (C=O) groups is 1. The molecule has 1 aromatic carbocycles. The molecule has 9 nitrogen and oxygen atoms in total. The van der Waals surface area contributed by atoms with E-state index in [-0.39, 0.29) is 11.6 Å². The fourth-order valence-electron chi connectivity index (χ4n) is 2.56. The molecular formula is C20H17N7O2. The summed E-state index contributed by atoms with van der Waals surface area (Å²) < 4.78 is 7.58. The minimum atomic E-state index is -0.335. The Bertz CT molecular complexity index is 1120. The van der Waals surface area contributed by atoms with E-state index in [1.807, 2.05) is 24.5 Å². The van der Waals surface area contributed by atoms with Crippen molar-refractivity contribution in [1.29, 1.82) is 0 Å². The third-order valence-corrected chi connectivity index (χ3v) is 4.26. The molecule has 3 heterocycles. The number of rotatable bonds is 5. The van der Waals surface area contributed by atoms with Gasteiger partial charge in [-0.05, 0) is 44.2 Å². The van der Waals surface area contributed by atoms with Gasteiger partial charge in [0.05, 0.1) is 11.9 Å². The number of benzene rings is 1. The van der Waals surface area contributed by atoms with E-state index in [0.29, 0.717) is 23.1 Å². The Kier molecular flexibility index (Phi) is 4.93. The van der Waals surface area contributed by atoms with Crippen molar-refractivity contribution in [2.75, 3.05) is 5.32 Å². The van der Waals surface area contributed by atoms with Crippen LogP contribution in [0.25, 0.3) is 5.82 Å². The zero-order valence-corrected chi connectivity index (χ0v) is 15.8. The average molecular weight is 387 g/mol. The molecule has 4 rings (SSSR count). The average Bonchev–Trinajstić information content (AvgIpc) is 3.09. The summed E-state index contributed by atoms with van der Waals surface area (Å²) in [5, 5.41) is 11.0. The fraction of sp³-hybridized carbons (Fsp3) is 0.100. The molecule has 0 saturated heterocycles. The van der Waals surface area contributed by atoms with Gasteiger partial charge in [-0.1, -0.05) is 0 Å². The van der Waals surface area contributed by atoms with Crippen LogP contribution < -0.4 is 10.1 Å². The molecule has 0 aliphatic heterocycles. The van der Waals surface area contributed by atoms with Crippen LogP contribution in [0.2, 0.25) is 0 Å². The molecule has 4 aromatic rings. The maximum absolute atomic E-state index is 12.1. The lowest BCUT2D eigenvalue weighted by atomic mass is 10.3. The second-order valence-electron chi connectivity index (χ2n) is 6.19. The number of amides is 1. The highest BCUT2D eigenvalue weighted by atomic mass is 16.5. The Labute approximate surface area is 166 Å². The highest BCUT2D eigenvalue weighted by Crippen LogP contribution is 2.22. The van der Waals surface area contributed by atoms with Crippen molar-refractivity contribution in [3.63, 3.8) is 0 Å². The first-order valence-electron chi connectivity index (χ1n) is 8.80. The Balaban J connectivity index is 1.41. The number of hydrogen-bond acceptors (Lipinski definition) is 7. The number of anilines is 1. The summed E-state index contributed by atoms with van der Waals surface area (Å²) in [4.78, 5) is 24.2. The van der Waals surface area contributed by atoms with Crippen LogP contribution in [-0.4, -0.2) is 35.6 Å². The van der Waals surface area contributed by atoms with Crippen molar-refractivity contribution >= 4 is 11.6 Å². The predicted molar refractivity (Wildman–Crippen MR) is 105 cm³/mol. The Morgan fingerprint density at radius 3 is 2.45 bits per heavy atom. The largest absolute Gasteiger partial charge is 0.438 e. The topological polar surface area (TPSA) is 108 Å². The van der Waals surface area contributed by atoms with Gasteiger partial charge in [0.2, 0.25) is 5.88 Å². The van der Waals surface area contributed by atoms with E-state index in [2.05, 4.69) is 30.5 Å². The molecule has 144 valence electrons. The highest BCUT2D eigenvalue weighted by Gasteiger charge is 2.09. The number of nitrogens with zero attached hydrogens (tertiary/aromatic N) is 6. The summed E-state index contributed by atoms with van der Waals surface area (Å²) in [6.07, 6.45) is 6.09. The SMILES string of the molecule is Cc1ncn(-c2ccc(Oc3ccc(NC(=O)c4cnccn4)cc3)nn2)c1C. The van der Waals surface area contributed by atoms with Gasteiger partial charge in [-0.2, -0.15) is 0 Å². The van der Waals surface area contributed by atoms with Gasteiger partial charge in [0.25, 0.3) is 5.91 Å². The molecule has 29 heavy (non-hydrogen) atoms. The third-order valence-electron chi connectivity index (χ3n) is 4.26. The lowest BCUT2D eigenvalue weighted by Crippen LogP contribution is -2.13. The maximum Gasteiger partial charge on any atom is 0.275 e. The molecule has 0 spiro atoms. The van der Waals surface area contributed by atoms with E-state index >= 15 is 0 Å². The zero-order valence-electron chi connectivity index (χ0n) is 15.8. The van der Waals surface area contributed by atoms with E-state index in [9.17, 15) is 4.79 Å². The van der Waals surface area contributed by atoms with Crippen LogP contribution in [0.15, 0.2) is 61.3 Å². The molecular weight excluding hydrogens is 370 g/mol. The van der Waals surface area contributed by atoms with Gasteiger partial charge in [0, 0.05) is 29.8 Å². The van der Waals surface area contributed by atoms with E-state index in [1.54, 1.807) is 36.7 Å². The summed E-state index contributed by atoms with van der Waals surface area (Å²) in [7, 11) is 0. The molecule has 0 radical (unpaired) electrons. The van der Waals surface area contributed by atoms with E-state index in [4.69, 9.17) is 4.74 Å². The number of nitrogens with one attached hydrogen (secondary N) is 1. The molecule has 9 heteroatoms. The van der Waals surface area contributed by atoms with Crippen molar-refractivity contribution in [2.24, 2.45) is 0 Å². The number of carbonyl (C=O) groups excluding carboxylic acids is 1. The minimum Gasteiger partial charge on any atom is -0.438 e. The van der Waals surface area contributed by atoms with Gasteiger partial charge < -0.3 is 10.1 Å². The molecule has 0 saturated carbocycles. The van der Waals surface area contributed by atoms with Gasteiger partial charge in [-0.15, -0.1) is 10.2 Å². The van der Waals surface area contributed by atoms with Crippen LogP contribution in [0.4, 0.5) is 5.69 Å². The van der Waals surface area contributed by atoms with E-state index in [0.717, 1.165) is 11.4 Å². The Hall–Kier alpha value is -4.14. The number of hydrogen-bond donors (Lipinski definition) is 1. The van der Waals surface area contributed by atoms with Crippen molar-refractivity contribution in [1.82, 2.24) is 29.7 Å². The van der Waals surface area contributed by atoms with Gasteiger partial charge in [-0.3, -0.25) is 14.3 Å². The minimum absolute atomic E-state index is 0.242. The third kappa shape index (κ3) is 4.08. The number of aryl methyl sites for hydroxylation is 1. The zero-order chi connectivity index (χ0) is 20.2. The molecule has 0 unspecified atom stereocenters. The molecule has 0 aliphatic rings. The first-order chi connectivity index (χ1) is 14.1. The van der Waals surface area contributed by atoms with Crippen LogP contribution in [-0.2, 0) is 0 Å². The van der Waals surface area contributed by atoms with Gasteiger partial charge in [-0.25, -0.2) is 9.97 Å².